The van der Waals surface area contributed by atoms with E-state index in [1.807, 2.05) is 24.3 Å². The molecule has 3 N–H and O–H groups in total. The summed E-state index contributed by atoms with van der Waals surface area (Å²) in [7, 11) is 0. The molecule has 2 aromatic carbocycles. The number of nitrogens with one attached hydrogen (secondary N) is 1. The molecule has 0 radical (unpaired) electrons. The normalized spacial score (nSPS) is 12.3. The van der Waals surface area contributed by atoms with Crippen molar-refractivity contribution in [1.29, 1.82) is 0 Å². The molecular formula is C16H18BrNO2. The maximum atomic E-state index is 9.98. The lowest BCUT2D eigenvalue weighted by Crippen LogP contribution is -2.20. The second kappa shape index (κ2) is 6.77. The molecule has 0 saturated heterocycles. The first kappa shape index (κ1) is 14.9. The summed E-state index contributed by atoms with van der Waals surface area (Å²) >= 11 is 3.42. The zero-order chi connectivity index (χ0) is 14.5. The Bertz CT molecular complexity index is 586. The molecule has 0 bridgehead atoms. The van der Waals surface area contributed by atoms with Crippen LogP contribution in [-0.4, -0.2) is 10.2 Å². The number of aromatic hydroxyl groups is 2. The van der Waals surface area contributed by atoms with Gasteiger partial charge in [-0.05, 0) is 30.7 Å². The Balaban J connectivity index is 2.13. The molecule has 20 heavy (non-hydrogen) atoms. The van der Waals surface area contributed by atoms with Crippen LogP contribution < -0.4 is 5.32 Å². The highest BCUT2D eigenvalue weighted by molar-refractivity contribution is 9.10. The van der Waals surface area contributed by atoms with E-state index >= 15 is 0 Å². The monoisotopic (exact) mass is 335 g/mol. The number of hydrogen-bond acceptors (Lipinski definition) is 3. The van der Waals surface area contributed by atoms with Crippen LogP contribution in [0.25, 0.3) is 0 Å². The van der Waals surface area contributed by atoms with Gasteiger partial charge < -0.3 is 15.5 Å². The van der Waals surface area contributed by atoms with Crippen molar-refractivity contribution < 1.29 is 10.2 Å². The van der Waals surface area contributed by atoms with Gasteiger partial charge in [0.1, 0.15) is 11.5 Å². The Morgan fingerprint density at radius 1 is 1.10 bits per heavy atom. The van der Waals surface area contributed by atoms with Crippen molar-refractivity contribution in [2.45, 2.75) is 25.9 Å². The molecule has 2 aromatic rings. The van der Waals surface area contributed by atoms with Gasteiger partial charge in [-0.3, -0.25) is 0 Å². The molecule has 0 aromatic heterocycles. The smallest absolute Gasteiger partial charge is 0.120 e. The lowest BCUT2D eigenvalue weighted by atomic mass is 10.0. The van der Waals surface area contributed by atoms with Gasteiger partial charge in [0, 0.05) is 28.2 Å². The van der Waals surface area contributed by atoms with Crippen molar-refractivity contribution in [2.75, 3.05) is 0 Å². The number of phenolic OH excluding ortho intramolecular Hbond substituents is 2. The molecule has 0 fully saturated rings. The van der Waals surface area contributed by atoms with E-state index < -0.39 is 0 Å². The van der Waals surface area contributed by atoms with Gasteiger partial charge in [0.15, 0.2) is 0 Å². The molecule has 0 saturated carbocycles. The summed E-state index contributed by atoms with van der Waals surface area (Å²) in [6, 6.07) is 12.7. The average molecular weight is 336 g/mol. The fourth-order valence-corrected chi connectivity index (χ4v) is 2.55. The zero-order valence-corrected chi connectivity index (χ0v) is 12.9. The van der Waals surface area contributed by atoms with Crippen molar-refractivity contribution in [1.82, 2.24) is 5.32 Å². The minimum Gasteiger partial charge on any atom is -0.508 e. The van der Waals surface area contributed by atoms with E-state index in [1.165, 1.54) is 0 Å². The summed E-state index contributed by atoms with van der Waals surface area (Å²) in [6.45, 7) is 2.61. The minimum absolute atomic E-state index is 0.0344. The van der Waals surface area contributed by atoms with Crippen LogP contribution in [0.4, 0.5) is 0 Å². The quantitative estimate of drug-likeness (QED) is 0.770. The largest absolute Gasteiger partial charge is 0.508 e. The van der Waals surface area contributed by atoms with E-state index in [1.54, 1.807) is 18.2 Å². The Kier molecular flexibility index (Phi) is 5.04. The number of hydrogen-bond donors (Lipinski definition) is 3. The molecule has 0 aliphatic rings. The van der Waals surface area contributed by atoms with Crippen LogP contribution in [0.15, 0.2) is 46.9 Å². The predicted molar refractivity (Wildman–Crippen MR) is 83.8 cm³/mol. The SMILES string of the molecule is CCC(NCc1ccccc1O)c1cc(Br)ccc1O. The fourth-order valence-electron chi connectivity index (χ4n) is 2.17. The number of para-hydroxylation sites is 1. The fraction of sp³-hybridized carbons (Fsp3) is 0.250. The molecule has 0 aliphatic heterocycles. The summed E-state index contributed by atoms with van der Waals surface area (Å²) in [5.74, 6) is 0.568. The maximum absolute atomic E-state index is 9.98. The van der Waals surface area contributed by atoms with Crippen LogP contribution in [0.5, 0.6) is 11.5 Å². The first-order valence-corrected chi connectivity index (χ1v) is 7.39. The number of benzene rings is 2. The second-order valence-electron chi connectivity index (χ2n) is 4.67. The Hall–Kier alpha value is -1.52. The van der Waals surface area contributed by atoms with Crippen LogP contribution in [0.2, 0.25) is 0 Å². The first-order chi connectivity index (χ1) is 9.61. The molecule has 1 unspecified atom stereocenters. The lowest BCUT2D eigenvalue weighted by molar-refractivity contribution is 0.433. The van der Waals surface area contributed by atoms with Gasteiger partial charge >= 0.3 is 0 Å². The van der Waals surface area contributed by atoms with E-state index in [4.69, 9.17) is 0 Å². The van der Waals surface area contributed by atoms with Crippen molar-refractivity contribution in [3.05, 3.63) is 58.1 Å². The maximum Gasteiger partial charge on any atom is 0.120 e. The van der Waals surface area contributed by atoms with Crippen molar-refractivity contribution >= 4 is 15.9 Å². The van der Waals surface area contributed by atoms with Crippen molar-refractivity contribution in [3.8, 4) is 11.5 Å². The van der Waals surface area contributed by atoms with E-state index in [9.17, 15) is 10.2 Å². The van der Waals surface area contributed by atoms with E-state index in [-0.39, 0.29) is 17.5 Å². The molecule has 3 nitrogen and oxygen atoms in total. The third kappa shape index (κ3) is 3.52. The van der Waals surface area contributed by atoms with Crippen LogP contribution >= 0.6 is 15.9 Å². The van der Waals surface area contributed by atoms with Crippen molar-refractivity contribution in [3.63, 3.8) is 0 Å². The minimum atomic E-state index is 0.0344. The molecule has 1 atom stereocenters. The lowest BCUT2D eigenvalue weighted by Gasteiger charge is -2.19. The van der Waals surface area contributed by atoms with Crippen LogP contribution in [-0.2, 0) is 6.54 Å². The standard InChI is InChI=1S/C16H18BrNO2/c1-2-14(13-9-12(17)7-8-16(13)20)18-10-11-5-3-4-6-15(11)19/h3-9,14,18-20H,2,10H2,1H3. The molecule has 2 rings (SSSR count). The summed E-state index contributed by atoms with van der Waals surface area (Å²) in [6.07, 6.45) is 0.845. The number of rotatable bonds is 5. The molecule has 0 spiro atoms. The molecule has 0 heterocycles. The van der Waals surface area contributed by atoms with Gasteiger partial charge in [0.2, 0.25) is 0 Å². The third-order valence-corrected chi connectivity index (χ3v) is 3.80. The Labute approximate surface area is 127 Å². The highest BCUT2D eigenvalue weighted by Gasteiger charge is 2.14. The molecule has 0 amide bonds. The first-order valence-electron chi connectivity index (χ1n) is 6.60. The number of phenols is 2. The van der Waals surface area contributed by atoms with Gasteiger partial charge in [-0.1, -0.05) is 41.1 Å². The van der Waals surface area contributed by atoms with E-state index in [2.05, 4.69) is 28.2 Å². The molecule has 4 heteroatoms. The van der Waals surface area contributed by atoms with E-state index in [0.29, 0.717) is 6.54 Å². The molecular weight excluding hydrogens is 318 g/mol. The summed E-state index contributed by atoms with van der Waals surface area (Å²) in [5, 5.41) is 23.1. The van der Waals surface area contributed by atoms with E-state index in [0.717, 1.165) is 22.0 Å². The van der Waals surface area contributed by atoms with Gasteiger partial charge in [0.25, 0.3) is 0 Å². The van der Waals surface area contributed by atoms with Gasteiger partial charge in [-0.2, -0.15) is 0 Å². The van der Waals surface area contributed by atoms with Crippen molar-refractivity contribution in [2.24, 2.45) is 0 Å². The highest BCUT2D eigenvalue weighted by atomic mass is 79.9. The second-order valence-corrected chi connectivity index (χ2v) is 5.59. The van der Waals surface area contributed by atoms with Crippen LogP contribution in [0.3, 0.4) is 0 Å². The van der Waals surface area contributed by atoms with Gasteiger partial charge in [-0.25, -0.2) is 0 Å². The van der Waals surface area contributed by atoms with Crippen LogP contribution in [0.1, 0.15) is 30.5 Å². The zero-order valence-electron chi connectivity index (χ0n) is 11.3. The summed E-state index contributed by atoms with van der Waals surface area (Å²) in [4.78, 5) is 0. The summed E-state index contributed by atoms with van der Waals surface area (Å²) < 4.78 is 0.938. The Morgan fingerprint density at radius 2 is 1.85 bits per heavy atom. The molecule has 106 valence electrons. The average Bonchev–Trinajstić information content (AvgIpc) is 2.45. The summed E-state index contributed by atoms with van der Waals surface area (Å²) in [5.41, 5.74) is 1.71. The van der Waals surface area contributed by atoms with Crippen LogP contribution in [0, 0.1) is 0 Å². The van der Waals surface area contributed by atoms with Gasteiger partial charge in [-0.15, -0.1) is 0 Å². The number of halogens is 1. The Morgan fingerprint density at radius 3 is 2.55 bits per heavy atom. The predicted octanol–water partition coefficient (Wildman–Crippen LogP) is 4.10. The van der Waals surface area contributed by atoms with Gasteiger partial charge in [0.05, 0.1) is 0 Å². The topological polar surface area (TPSA) is 52.5 Å². The third-order valence-electron chi connectivity index (χ3n) is 3.30. The highest BCUT2D eigenvalue weighted by Crippen LogP contribution is 2.30. The molecule has 0 aliphatic carbocycles.